The first-order valence-electron chi connectivity index (χ1n) is 7.86. The molecular formula is C17H16F3N3O2S. The van der Waals surface area contributed by atoms with Crippen LogP contribution in [0.1, 0.15) is 22.3 Å². The molecule has 1 fully saturated rings. The third kappa shape index (κ3) is 4.09. The Bertz CT molecular complexity index is 801. The highest BCUT2D eigenvalue weighted by molar-refractivity contribution is 7.98. The summed E-state index contributed by atoms with van der Waals surface area (Å²) < 4.78 is 43.9. The number of halogens is 3. The van der Waals surface area contributed by atoms with Gasteiger partial charge in [0.05, 0.1) is 17.7 Å². The summed E-state index contributed by atoms with van der Waals surface area (Å²) in [5.74, 6) is -0.254. The molecule has 0 spiro atoms. The van der Waals surface area contributed by atoms with Gasteiger partial charge in [0.25, 0.3) is 5.91 Å². The molecule has 3 rings (SSSR count). The fourth-order valence-electron chi connectivity index (χ4n) is 2.72. The van der Waals surface area contributed by atoms with E-state index in [-0.39, 0.29) is 11.8 Å². The Balaban J connectivity index is 1.67. The lowest BCUT2D eigenvalue weighted by Crippen LogP contribution is -2.31. The molecular weight excluding hydrogens is 367 g/mol. The predicted octanol–water partition coefficient (Wildman–Crippen LogP) is 3.51. The molecule has 2 aromatic heterocycles. The number of hydrogen-bond acceptors (Lipinski definition) is 5. The van der Waals surface area contributed by atoms with Gasteiger partial charge < -0.3 is 9.64 Å². The fraction of sp³-hybridized carbons (Fsp3) is 0.353. The summed E-state index contributed by atoms with van der Waals surface area (Å²) >= 11 is 1.38. The number of alkyl halides is 3. The van der Waals surface area contributed by atoms with Crippen LogP contribution in [0.3, 0.4) is 0 Å². The number of ether oxygens (including phenoxy) is 1. The zero-order valence-corrected chi connectivity index (χ0v) is 14.7. The van der Waals surface area contributed by atoms with Crippen LogP contribution in [0.4, 0.5) is 13.2 Å². The van der Waals surface area contributed by atoms with Crippen LogP contribution in [0.25, 0.3) is 0 Å². The lowest BCUT2D eigenvalue weighted by Gasteiger charge is -2.18. The minimum atomic E-state index is -4.45. The SMILES string of the molecule is CSc1ncccc1C(=O)N1CC[C@@H](Oc2cc(C(F)(F)F)ccn2)C1. The normalized spacial score (nSPS) is 17.4. The third-order valence-corrected chi connectivity index (χ3v) is 4.69. The van der Waals surface area contributed by atoms with E-state index in [0.717, 1.165) is 18.3 Å². The quantitative estimate of drug-likeness (QED) is 0.757. The summed E-state index contributed by atoms with van der Waals surface area (Å²) in [7, 11) is 0. The second-order valence-electron chi connectivity index (χ2n) is 5.72. The van der Waals surface area contributed by atoms with Crippen molar-refractivity contribution < 1.29 is 22.7 Å². The molecule has 1 atom stereocenters. The van der Waals surface area contributed by atoms with Crippen LogP contribution in [0.2, 0.25) is 0 Å². The van der Waals surface area contributed by atoms with Gasteiger partial charge in [0.1, 0.15) is 11.1 Å². The summed E-state index contributed by atoms with van der Waals surface area (Å²) in [5, 5.41) is 0.640. The second kappa shape index (κ2) is 7.53. The zero-order valence-electron chi connectivity index (χ0n) is 13.9. The van der Waals surface area contributed by atoms with Crippen LogP contribution < -0.4 is 4.74 Å². The molecule has 0 bridgehead atoms. The number of nitrogens with zero attached hydrogens (tertiary/aromatic N) is 3. The van der Waals surface area contributed by atoms with Crippen LogP contribution in [0.5, 0.6) is 5.88 Å². The van der Waals surface area contributed by atoms with Crippen molar-refractivity contribution in [2.75, 3.05) is 19.3 Å². The van der Waals surface area contributed by atoms with Gasteiger partial charge in [-0.3, -0.25) is 4.79 Å². The monoisotopic (exact) mass is 383 g/mol. The van der Waals surface area contributed by atoms with E-state index < -0.39 is 17.8 Å². The van der Waals surface area contributed by atoms with Crippen LogP contribution >= 0.6 is 11.8 Å². The molecule has 26 heavy (non-hydrogen) atoms. The predicted molar refractivity (Wildman–Crippen MR) is 90.2 cm³/mol. The van der Waals surface area contributed by atoms with Crippen molar-refractivity contribution in [3.05, 3.63) is 47.8 Å². The van der Waals surface area contributed by atoms with E-state index in [2.05, 4.69) is 9.97 Å². The molecule has 0 radical (unpaired) electrons. The molecule has 1 amide bonds. The number of likely N-dealkylation sites (tertiary alicyclic amines) is 1. The average molecular weight is 383 g/mol. The van der Waals surface area contributed by atoms with Gasteiger partial charge in [0.2, 0.25) is 5.88 Å². The molecule has 0 aliphatic carbocycles. The van der Waals surface area contributed by atoms with Crippen molar-refractivity contribution >= 4 is 17.7 Å². The highest BCUT2D eigenvalue weighted by atomic mass is 32.2. The maximum absolute atomic E-state index is 12.8. The Kier molecular flexibility index (Phi) is 5.36. The summed E-state index contributed by atoms with van der Waals surface area (Å²) in [4.78, 5) is 22.3. The Labute approximate surface area is 152 Å². The van der Waals surface area contributed by atoms with Crippen LogP contribution in [-0.2, 0) is 6.18 Å². The number of aromatic nitrogens is 2. The molecule has 3 heterocycles. The van der Waals surface area contributed by atoms with Gasteiger partial charge in [-0.2, -0.15) is 13.2 Å². The van der Waals surface area contributed by atoms with Crippen molar-refractivity contribution in [2.45, 2.75) is 23.7 Å². The molecule has 0 unspecified atom stereocenters. The van der Waals surface area contributed by atoms with Crippen molar-refractivity contribution in [1.29, 1.82) is 0 Å². The summed E-state index contributed by atoms with van der Waals surface area (Å²) in [6.45, 7) is 0.755. The van der Waals surface area contributed by atoms with E-state index in [1.54, 1.807) is 23.2 Å². The fourth-order valence-corrected chi connectivity index (χ4v) is 3.26. The molecule has 138 valence electrons. The highest BCUT2D eigenvalue weighted by Crippen LogP contribution is 2.31. The van der Waals surface area contributed by atoms with Gasteiger partial charge >= 0.3 is 6.18 Å². The van der Waals surface area contributed by atoms with E-state index in [4.69, 9.17) is 4.74 Å². The van der Waals surface area contributed by atoms with Gasteiger partial charge in [-0.25, -0.2) is 9.97 Å². The van der Waals surface area contributed by atoms with Crippen LogP contribution in [-0.4, -0.2) is 46.2 Å². The standard InChI is InChI=1S/C17H16F3N3O2S/c1-26-15-13(3-2-6-22-15)16(24)23-8-5-12(10-23)25-14-9-11(4-7-21-14)17(18,19)20/h2-4,6-7,9,12H,5,8,10H2,1H3/t12-/m1/s1. The molecule has 0 aromatic carbocycles. The summed E-state index contributed by atoms with van der Waals surface area (Å²) in [6.07, 6.45) is 0.207. The van der Waals surface area contributed by atoms with E-state index in [1.807, 2.05) is 6.26 Å². The number of thioether (sulfide) groups is 1. The molecule has 0 N–H and O–H groups in total. The molecule has 0 saturated carbocycles. The van der Waals surface area contributed by atoms with E-state index in [1.165, 1.54) is 11.8 Å². The molecule has 1 aliphatic heterocycles. The van der Waals surface area contributed by atoms with Crippen LogP contribution in [0, 0.1) is 0 Å². The summed E-state index contributed by atoms with van der Waals surface area (Å²) in [6, 6.07) is 5.17. The topological polar surface area (TPSA) is 55.3 Å². The van der Waals surface area contributed by atoms with Gasteiger partial charge in [-0.05, 0) is 24.5 Å². The molecule has 9 heteroatoms. The second-order valence-corrected chi connectivity index (χ2v) is 6.52. The van der Waals surface area contributed by atoms with Crippen LogP contribution in [0.15, 0.2) is 41.7 Å². The van der Waals surface area contributed by atoms with Gasteiger partial charge in [0, 0.05) is 31.4 Å². The largest absolute Gasteiger partial charge is 0.472 e. The maximum Gasteiger partial charge on any atom is 0.416 e. The van der Waals surface area contributed by atoms with Crippen molar-refractivity contribution in [3.8, 4) is 5.88 Å². The first-order valence-corrected chi connectivity index (χ1v) is 9.09. The van der Waals surface area contributed by atoms with Gasteiger partial charge in [0.15, 0.2) is 0 Å². The molecule has 1 saturated heterocycles. The molecule has 5 nitrogen and oxygen atoms in total. The molecule has 1 aliphatic rings. The number of carbonyl (C=O) groups excluding carboxylic acids is 1. The third-order valence-electron chi connectivity index (χ3n) is 3.98. The van der Waals surface area contributed by atoms with E-state index in [0.29, 0.717) is 30.1 Å². The van der Waals surface area contributed by atoms with E-state index in [9.17, 15) is 18.0 Å². The summed E-state index contributed by atoms with van der Waals surface area (Å²) in [5.41, 5.74) is -0.300. The van der Waals surface area contributed by atoms with Crippen molar-refractivity contribution in [1.82, 2.24) is 14.9 Å². The van der Waals surface area contributed by atoms with Gasteiger partial charge in [-0.1, -0.05) is 0 Å². The van der Waals surface area contributed by atoms with E-state index >= 15 is 0 Å². The minimum absolute atomic E-state index is 0.0923. The van der Waals surface area contributed by atoms with Crippen molar-refractivity contribution in [3.63, 3.8) is 0 Å². The highest BCUT2D eigenvalue weighted by Gasteiger charge is 2.33. The number of rotatable bonds is 4. The number of pyridine rings is 2. The first kappa shape index (κ1) is 18.5. The minimum Gasteiger partial charge on any atom is -0.472 e. The lowest BCUT2D eigenvalue weighted by molar-refractivity contribution is -0.137. The first-order chi connectivity index (χ1) is 12.4. The Morgan fingerprint density at radius 2 is 2.12 bits per heavy atom. The number of carbonyl (C=O) groups is 1. The Morgan fingerprint density at radius 3 is 2.85 bits per heavy atom. The molecule has 2 aromatic rings. The lowest BCUT2D eigenvalue weighted by atomic mass is 10.2. The number of amides is 1. The zero-order chi connectivity index (χ0) is 18.7. The average Bonchev–Trinajstić information content (AvgIpc) is 3.09. The van der Waals surface area contributed by atoms with Gasteiger partial charge in [-0.15, -0.1) is 11.8 Å². The Morgan fingerprint density at radius 1 is 1.31 bits per heavy atom. The smallest absolute Gasteiger partial charge is 0.416 e. The Hall–Kier alpha value is -2.29. The number of hydrogen-bond donors (Lipinski definition) is 0. The maximum atomic E-state index is 12.8. The van der Waals surface area contributed by atoms with Crippen molar-refractivity contribution in [2.24, 2.45) is 0 Å².